The van der Waals surface area contributed by atoms with Crippen LogP contribution in [0.5, 0.6) is 11.8 Å². The molecule has 1 saturated carbocycles. The zero-order valence-corrected chi connectivity index (χ0v) is 27.6. The van der Waals surface area contributed by atoms with Crippen LogP contribution in [0.4, 0.5) is 37.3 Å². The van der Waals surface area contributed by atoms with E-state index in [2.05, 4.69) is 37.0 Å². The van der Waals surface area contributed by atoms with Gasteiger partial charge in [0.05, 0.1) is 50.8 Å². The van der Waals surface area contributed by atoms with Crippen molar-refractivity contribution in [2.45, 2.75) is 43.7 Å². The first kappa shape index (κ1) is 32.7. The van der Waals surface area contributed by atoms with E-state index in [1.165, 1.54) is 20.3 Å². The lowest BCUT2D eigenvalue weighted by atomic mass is 9.86. The first-order valence-electron chi connectivity index (χ1n) is 16.5. The second-order valence-corrected chi connectivity index (χ2v) is 12.7. The highest BCUT2D eigenvalue weighted by Gasteiger charge is 2.57. The van der Waals surface area contributed by atoms with Gasteiger partial charge in [-0.1, -0.05) is 6.58 Å². The Kier molecular flexibility index (Phi) is 8.84. The molecule has 2 N–H and O–H groups in total. The number of rotatable bonds is 9. The predicted octanol–water partition coefficient (Wildman–Crippen LogP) is 4.52. The Hall–Kier alpha value is -4.82. The van der Waals surface area contributed by atoms with E-state index >= 15 is 8.78 Å². The second-order valence-electron chi connectivity index (χ2n) is 12.7. The van der Waals surface area contributed by atoms with Crippen LogP contribution in [-0.2, 0) is 26.3 Å². The average molecular weight is 676 g/mol. The van der Waals surface area contributed by atoms with E-state index in [0.717, 1.165) is 68.4 Å². The van der Waals surface area contributed by atoms with Crippen LogP contribution in [0.3, 0.4) is 0 Å². The zero-order valence-electron chi connectivity index (χ0n) is 27.6. The molecule has 0 radical (unpaired) electrons. The molecule has 14 heteroatoms. The minimum Gasteiger partial charge on any atom is -0.479 e. The van der Waals surface area contributed by atoms with Crippen LogP contribution in [-0.4, -0.2) is 86.3 Å². The molecule has 2 amide bonds. The van der Waals surface area contributed by atoms with E-state index in [1.54, 1.807) is 6.20 Å². The van der Waals surface area contributed by atoms with Crippen LogP contribution in [0, 0.1) is 11.6 Å². The fourth-order valence-corrected chi connectivity index (χ4v) is 7.22. The summed E-state index contributed by atoms with van der Waals surface area (Å²) in [5.74, 6) is -3.43. The second kappa shape index (κ2) is 13.2. The first-order valence-corrected chi connectivity index (χ1v) is 16.5. The van der Waals surface area contributed by atoms with Crippen molar-refractivity contribution >= 4 is 40.4 Å². The molecule has 258 valence electrons. The van der Waals surface area contributed by atoms with Gasteiger partial charge in [0.15, 0.2) is 0 Å². The number of amides is 2. The number of fused-ring (bicyclic) bond motifs is 2. The van der Waals surface area contributed by atoms with Crippen LogP contribution < -0.4 is 29.9 Å². The maximum Gasteiger partial charge on any atom is 0.255 e. The number of nitrogens with zero attached hydrogens (tertiary/aromatic N) is 5. The molecule has 1 spiro atoms. The molecule has 3 fully saturated rings. The Morgan fingerprint density at radius 2 is 1.73 bits per heavy atom. The summed E-state index contributed by atoms with van der Waals surface area (Å²) in [6, 6.07) is 8.19. The molecule has 2 aromatic heterocycles. The lowest BCUT2D eigenvalue weighted by molar-refractivity contribution is -0.121. The number of carbonyl (C=O) groups is 2. The van der Waals surface area contributed by atoms with E-state index in [9.17, 15) is 9.59 Å². The summed E-state index contributed by atoms with van der Waals surface area (Å²) in [4.78, 5) is 40.6. The molecule has 12 nitrogen and oxygen atoms in total. The molecule has 1 aliphatic carbocycles. The number of piperidine rings is 1. The van der Waals surface area contributed by atoms with Crippen molar-refractivity contribution in [3.05, 3.63) is 65.9 Å². The Labute approximate surface area is 283 Å². The number of carbonyl (C=O) groups excluding carboxylic acids is 2. The van der Waals surface area contributed by atoms with Crippen LogP contribution in [0.15, 0.2) is 43.1 Å². The highest BCUT2D eigenvalue weighted by Crippen LogP contribution is 2.55. The van der Waals surface area contributed by atoms with Crippen molar-refractivity contribution in [3.8, 4) is 11.8 Å². The molecule has 3 aromatic rings. The van der Waals surface area contributed by atoms with Crippen molar-refractivity contribution in [3.63, 3.8) is 0 Å². The molecule has 49 heavy (non-hydrogen) atoms. The Bertz CT molecular complexity index is 1760. The van der Waals surface area contributed by atoms with Gasteiger partial charge >= 0.3 is 0 Å². The zero-order chi connectivity index (χ0) is 34.3. The first-order chi connectivity index (χ1) is 23.8. The molecule has 0 bridgehead atoms. The van der Waals surface area contributed by atoms with Crippen molar-refractivity contribution in [2.24, 2.45) is 0 Å². The number of aromatic nitrogens is 2. The highest BCUT2D eigenvalue weighted by atomic mass is 19.1. The fraction of sp³-hybridized carbons (Fsp3) is 0.429. The summed E-state index contributed by atoms with van der Waals surface area (Å²) in [6.07, 6.45) is 5.94. The van der Waals surface area contributed by atoms with Crippen LogP contribution in [0.25, 0.3) is 0 Å². The number of nitrogens with one attached hydrogen (secondary N) is 2. The van der Waals surface area contributed by atoms with E-state index in [-0.39, 0.29) is 12.5 Å². The lowest BCUT2D eigenvalue weighted by Gasteiger charge is -2.41. The van der Waals surface area contributed by atoms with Gasteiger partial charge in [-0.15, -0.1) is 0 Å². The lowest BCUT2D eigenvalue weighted by Crippen LogP contribution is -2.49. The molecular formula is C35H39F2N7O5. The van der Waals surface area contributed by atoms with Crippen molar-refractivity contribution in [1.29, 1.82) is 0 Å². The third-order valence-corrected chi connectivity index (χ3v) is 9.99. The molecule has 2 saturated heterocycles. The topological polar surface area (TPSA) is 121 Å². The fourth-order valence-electron chi connectivity index (χ4n) is 7.22. The number of pyridine rings is 2. The maximum absolute atomic E-state index is 15.4. The average Bonchev–Trinajstić information content (AvgIpc) is 3.94. The van der Waals surface area contributed by atoms with E-state index < -0.39 is 40.4 Å². The van der Waals surface area contributed by atoms with Gasteiger partial charge in [-0.05, 0) is 67.2 Å². The van der Waals surface area contributed by atoms with Crippen LogP contribution in [0.2, 0.25) is 0 Å². The Morgan fingerprint density at radius 3 is 2.37 bits per heavy atom. The summed E-state index contributed by atoms with van der Waals surface area (Å²) in [6.45, 7) is 8.77. The summed E-state index contributed by atoms with van der Waals surface area (Å²) < 4.78 is 46.4. The van der Waals surface area contributed by atoms with Gasteiger partial charge < -0.3 is 34.6 Å². The molecule has 5 heterocycles. The van der Waals surface area contributed by atoms with E-state index in [0.29, 0.717) is 41.6 Å². The largest absolute Gasteiger partial charge is 0.479 e. The van der Waals surface area contributed by atoms with Gasteiger partial charge in [-0.2, -0.15) is 13.8 Å². The minimum atomic E-state index is -1.08. The molecular weight excluding hydrogens is 636 g/mol. The number of halogens is 2. The normalized spacial score (nSPS) is 19.0. The van der Waals surface area contributed by atoms with Crippen molar-refractivity contribution < 1.29 is 32.6 Å². The number of hydrogen-bond acceptors (Lipinski definition) is 10. The summed E-state index contributed by atoms with van der Waals surface area (Å²) in [5.41, 5.74) is 2.07. The third-order valence-electron chi connectivity index (χ3n) is 9.99. The third kappa shape index (κ3) is 6.03. The van der Waals surface area contributed by atoms with Gasteiger partial charge in [-0.3, -0.25) is 14.5 Å². The number of anilines is 5. The van der Waals surface area contributed by atoms with Gasteiger partial charge in [0, 0.05) is 44.1 Å². The quantitative estimate of drug-likeness (QED) is 0.313. The van der Waals surface area contributed by atoms with Crippen molar-refractivity contribution in [1.82, 2.24) is 14.9 Å². The molecule has 0 atom stereocenters. The van der Waals surface area contributed by atoms with Crippen molar-refractivity contribution in [2.75, 3.05) is 74.0 Å². The SMILES string of the molecule is C=CC(=O)Nc1ccc(N2CCC(N3CCOCC3)CC2)cc1Nc1cc2c(cn1)CN(c1c(F)c(OC)nc(OC)c1F)C(=O)C21CC1. The number of methoxy groups -OCH3 is 2. The monoisotopic (exact) mass is 675 g/mol. The molecule has 7 rings (SSSR count). The molecule has 0 unspecified atom stereocenters. The van der Waals surface area contributed by atoms with Gasteiger partial charge in [-0.25, -0.2) is 4.98 Å². The van der Waals surface area contributed by atoms with E-state index in [4.69, 9.17) is 14.2 Å². The Balaban J connectivity index is 1.16. The standard InChI is InChI=1S/C35H39F2N7O5/c1-4-28(45)40-25-6-5-23(42-11-7-22(8-12-42)43-13-15-49-16-14-43)17-26(25)39-27-18-24-21(19-38-27)20-44(34(46)35(24)9-10-35)31-29(36)32(47-2)41-33(48-3)30(31)37/h4-6,17-19,22H,1,7-16,20H2,2-3H3,(H,38,39)(H,40,45). The summed E-state index contributed by atoms with van der Waals surface area (Å²) >= 11 is 0. The number of morpholine rings is 1. The van der Waals surface area contributed by atoms with Crippen LogP contribution >= 0.6 is 0 Å². The maximum atomic E-state index is 15.4. The molecule has 3 aliphatic heterocycles. The number of benzene rings is 1. The minimum absolute atomic E-state index is 0.107. The van der Waals surface area contributed by atoms with E-state index in [1.807, 2.05) is 24.3 Å². The smallest absolute Gasteiger partial charge is 0.255 e. The number of ether oxygens (including phenoxy) is 3. The van der Waals surface area contributed by atoms with Gasteiger partial charge in [0.1, 0.15) is 11.5 Å². The molecule has 1 aromatic carbocycles. The van der Waals surface area contributed by atoms with Gasteiger partial charge in [0.25, 0.3) is 11.8 Å². The Morgan fingerprint density at radius 1 is 1.04 bits per heavy atom. The summed E-state index contributed by atoms with van der Waals surface area (Å²) in [5, 5.41) is 6.24. The molecule has 4 aliphatic rings. The highest BCUT2D eigenvalue weighted by molar-refractivity contribution is 6.06. The predicted molar refractivity (Wildman–Crippen MR) is 180 cm³/mol. The van der Waals surface area contributed by atoms with Crippen LogP contribution in [0.1, 0.15) is 36.8 Å². The number of hydrogen-bond donors (Lipinski definition) is 2. The summed E-state index contributed by atoms with van der Waals surface area (Å²) in [7, 11) is 2.41. The van der Waals surface area contributed by atoms with Gasteiger partial charge in [0.2, 0.25) is 23.4 Å².